The van der Waals surface area contributed by atoms with Crippen molar-refractivity contribution in [2.24, 2.45) is 11.8 Å². The first-order chi connectivity index (χ1) is 16.0. The van der Waals surface area contributed by atoms with E-state index in [4.69, 9.17) is 4.74 Å². The zero-order chi connectivity index (χ0) is 22.8. The third kappa shape index (κ3) is 4.71. The summed E-state index contributed by atoms with van der Waals surface area (Å²) in [7, 11) is 3.87. The highest BCUT2D eigenvalue weighted by Crippen LogP contribution is 2.51. The average Bonchev–Trinajstić information content (AvgIpc) is 3.26. The highest BCUT2D eigenvalue weighted by molar-refractivity contribution is 5.74. The minimum atomic E-state index is -0.577. The molecular weight excluding hydrogens is 410 g/mol. The van der Waals surface area contributed by atoms with E-state index in [1.807, 2.05) is 24.3 Å². The molecule has 5 heteroatoms. The molecule has 3 aromatic rings. The molecule has 1 saturated carbocycles. The highest BCUT2D eigenvalue weighted by atomic mass is 16.5. The molecule has 1 heterocycles. The van der Waals surface area contributed by atoms with Crippen molar-refractivity contribution < 1.29 is 9.84 Å². The van der Waals surface area contributed by atoms with E-state index in [2.05, 4.69) is 52.3 Å². The lowest BCUT2D eigenvalue weighted by Crippen LogP contribution is -2.48. The predicted octanol–water partition coefficient (Wildman–Crippen LogP) is 5.07. The van der Waals surface area contributed by atoms with Gasteiger partial charge in [0.25, 0.3) is 0 Å². The number of aromatic nitrogens is 2. The lowest BCUT2D eigenvalue weighted by molar-refractivity contribution is -0.0574. The van der Waals surface area contributed by atoms with E-state index >= 15 is 0 Å². The second-order valence-electron chi connectivity index (χ2n) is 9.90. The zero-order valence-electron chi connectivity index (χ0n) is 19.8. The number of nitrogens with zero attached hydrogens (tertiary/aromatic N) is 2. The van der Waals surface area contributed by atoms with Crippen molar-refractivity contribution in [3.05, 3.63) is 66.0 Å². The number of allylic oxidation sites excluding steroid dienone is 1. The van der Waals surface area contributed by atoms with Crippen molar-refractivity contribution in [1.29, 1.82) is 0 Å². The number of benzene rings is 2. The molecule has 174 valence electrons. The smallest absolute Gasteiger partial charge is 0.118 e. The summed E-state index contributed by atoms with van der Waals surface area (Å²) in [4.78, 5) is 10.5. The van der Waals surface area contributed by atoms with Gasteiger partial charge in [-0.15, -0.1) is 0 Å². The minimum absolute atomic E-state index is 0.253. The van der Waals surface area contributed by atoms with Crippen LogP contribution in [0.4, 0.5) is 0 Å². The van der Waals surface area contributed by atoms with Gasteiger partial charge in [0.2, 0.25) is 0 Å². The van der Waals surface area contributed by atoms with Crippen LogP contribution in [0.15, 0.2) is 54.6 Å². The fraction of sp³-hybridized carbons (Fsp3) is 0.464. The average molecular weight is 446 g/mol. The minimum Gasteiger partial charge on any atom is -0.497 e. The number of H-pyrrole nitrogens is 1. The number of rotatable bonds is 9. The van der Waals surface area contributed by atoms with Crippen molar-refractivity contribution in [3.8, 4) is 5.75 Å². The number of hydrogen-bond donors (Lipinski definition) is 2. The van der Waals surface area contributed by atoms with Gasteiger partial charge < -0.3 is 19.7 Å². The molecule has 0 aliphatic heterocycles. The summed E-state index contributed by atoms with van der Waals surface area (Å²) in [5, 5.41) is 11.5. The molecule has 2 bridgehead atoms. The second kappa shape index (κ2) is 9.32. The monoisotopic (exact) mass is 445 g/mol. The van der Waals surface area contributed by atoms with Gasteiger partial charge in [0.15, 0.2) is 0 Å². The number of aromatic amines is 1. The van der Waals surface area contributed by atoms with Crippen LogP contribution >= 0.6 is 0 Å². The van der Waals surface area contributed by atoms with Crippen LogP contribution in [0, 0.1) is 11.8 Å². The number of aliphatic hydroxyl groups is 1. The van der Waals surface area contributed by atoms with E-state index in [1.54, 1.807) is 7.11 Å². The maximum Gasteiger partial charge on any atom is 0.118 e. The van der Waals surface area contributed by atoms with Crippen molar-refractivity contribution in [3.63, 3.8) is 0 Å². The van der Waals surface area contributed by atoms with Crippen LogP contribution in [-0.4, -0.2) is 52.8 Å². The summed E-state index contributed by atoms with van der Waals surface area (Å²) in [5.41, 5.74) is 4.26. The Morgan fingerprint density at radius 1 is 1.12 bits per heavy atom. The predicted molar refractivity (Wildman–Crippen MR) is 133 cm³/mol. The van der Waals surface area contributed by atoms with E-state index in [9.17, 15) is 5.11 Å². The van der Waals surface area contributed by atoms with Crippen molar-refractivity contribution >= 4 is 16.6 Å². The number of fused-ring (bicyclic) bond motifs is 3. The molecule has 0 amide bonds. The fourth-order valence-corrected chi connectivity index (χ4v) is 5.73. The first-order valence-electron chi connectivity index (χ1n) is 12.2. The Kier molecular flexibility index (Phi) is 6.26. The van der Waals surface area contributed by atoms with E-state index in [0.717, 1.165) is 67.8 Å². The number of para-hydroxylation sites is 2. The number of hydrogen-bond acceptors (Lipinski definition) is 4. The van der Waals surface area contributed by atoms with Crippen LogP contribution in [0.3, 0.4) is 0 Å². The molecule has 0 saturated heterocycles. The van der Waals surface area contributed by atoms with Gasteiger partial charge in [0.1, 0.15) is 11.6 Å². The van der Waals surface area contributed by atoms with Gasteiger partial charge in [-0.2, -0.15) is 0 Å². The van der Waals surface area contributed by atoms with Gasteiger partial charge in [-0.1, -0.05) is 30.3 Å². The first kappa shape index (κ1) is 22.2. The molecule has 3 unspecified atom stereocenters. The Labute approximate surface area is 196 Å². The Morgan fingerprint density at radius 2 is 1.94 bits per heavy atom. The van der Waals surface area contributed by atoms with Gasteiger partial charge in [0.05, 0.1) is 23.7 Å². The summed E-state index contributed by atoms with van der Waals surface area (Å²) < 4.78 is 5.30. The molecule has 3 atom stereocenters. The second-order valence-corrected chi connectivity index (χ2v) is 9.90. The van der Waals surface area contributed by atoms with Crippen molar-refractivity contribution in [2.45, 2.75) is 44.1 Å². The van der Waals surface area contributed by atoms with E-state index in [1.165, 1.54) is 17.6 Å². The lowest BCUT2D eigenvalue weighted by Gasteiger charge is -2.48. The maximum atomic E-state index is 11.5. The number of methoxy groups -OCH3 is 1. The summed E-state index contributed by atoms with van der Waals surface area (Å²) in [6.07, 6.45) is 8.35. The van der Waals surface area contributed by atoms with Crippen molar-refractivity contribution in [1.82, 2.24) is 14.9 Å². The molecule has 5 nitrogen and oxygen atoms in total. The first-order valence-corrected chi connectivity index (χ1v) is 12.2. The van der Waals surface area contributed by atoms with Gasteiger partial charge in [-0.3, -0.25) is 0 Å². The van der Waals surface area contributed by atoms with Gasteiger partial charge >= 0.3 is 0 Å². The maximum absolute atomic E-state index is 11.5. The molecule has 2 aromatic carbocycles. The Morgan fingerprint density at radius 3 is 2.67 bits per heavy atom. The Hall–Kier alpha value is -2.63. The van der Waals surface area contributed by atoms with Crippen LogP contribution in [0.5, 0.6) is 5.75 Å². The quantitative estimate of drug-likeness (QED) is 0.483. The SMILES string of the molecule is COc1ccc(C2=CC3CCC2CC3(O)CCN(C)CCCc2nc3ccccc3[nH]2)cc1. The van der Waals surface area contributed by atoms with Gasteiger partial charge in [0, 0.05) is 18.9 Å². The topological polar surface area (TPSA) is 61.4 Å². The Balaban J connectivity index is 1.14. The summed E-state index contributed by atoms with van der Waals surface area (Å²) in [5.74, 6) is 2.65. The van der Waals surface area contributed by atoms with Crippen molar-refractivity contribution in [2.75, 3.05) is 27.2 Å². The third-order valence-corrected chi connectivity index (χ3v) is 7.68. The van der Waals surface area contributed by atoms with Crippen LogP contribution in [0.1, 0.15) is 43.5 Å². The van der Waals surface area contributed by atoms with Crippen LogP contribution in [0.2, 0.25) is 0 Å². The summed E-state index contributed by atoms with van der Waals surface area (Å²) in [6.45, 7) is 1.93. The molecule has 0 radical (unpaired) electrons. The lowest BCUT2D eigenvalue weighted by atomic mass is 9.61. The zero-order valence-corrected chi connectivity index (χ0v) is 19.8. The number of aryl methyl sites for hydroxylation is 1. The third-order valence-electron chi connectivity index (χ3n) is 7.68. The number of imidazole rings is 1. The number of ether oxygens (including phenoxy) is 1. The highest BCUT2D eigenvalue weighted by Gasteiger charge is 2.46. The fourth-order valence-electron chi connectivity index (χ4n) is 5.73. The van der Waals surface area contributed by atoms with Crippen LogP contribution in [0.25, 0.3) is 16.6 Å². The summed E-state index contributed by atoms with van der Waals surface area (Å²) >= 11 is 0. The van der Waals surface area contributed by atoms with Crippen LogP contribution in [-0.2, 0) is 6.42 Å². The number of nitrogens with one attached hydrogen (secondary N) is 1. The molecule has 1 fully saturated rings. The largest absolute Gasteiger partial charge is 0.497 e. The normalized spacial score (nSPS) is 24.4. The molecular formula is C28H35N3O2. The molecule has 0 spiro atoms. The molecule has 6 rings (SSSR count). The molecule has 1 aromatic heterocycles. The van der Waals surface area contributed by atoms with Gasteiger partial charge in [-0.25, -0.2) is 4.98 Å². The summed E-state index contributed by atoms with van der Waals surface area (Å²) in [6, 6.07) is 16.6. The van der Waals surface area contributed by atoms with E-state index in [-0.39, 0.29) is 5.92 Å². The van der Waals surface area contributed by atoms with Crippen LogP contribution < -0.4 is 4.74 Å². The molecule has 33 heavy (non-hydrogen) atoms. The molecule has 3 aliphatic rings. The molecule has 3 aliphatic carbocycles. The standard InChI is InChI=1S/C28H35N3O2/c1-31(16-5-8-27-29-25-6-3-4-7-26(25)30-27)17-15-28(32)19-21-9-12-22(28)18-24(21)20-10-13-23(33-2)14-11-20/h3-4,6-7,10-11,13-14,18,21-22,32H,5,8-9,12,15-17,19H2,1-2H3,(H,29,30). The van der Waals surface area contributed by atoms with E-state index < -0.39 is 5.60 Å². The molecule has 2 N–H and O–H groups in total. The Bertz CT molecular complexity index is 1090. The van der Waals surface area contributed by atoms with E-state index in [0.29, 0.717) is 5.92 Å². The van der Waals surface area contributed by atoms with Gasteiger partial charge in [-0.05, 0) is 87.0 Å².